The predicted molar refractivity (Wildman–Crippen MR) is 78.4 cm³/mol. The average molecular weight is 315 g/mol. The summed E-state index contributed by atoms with van der Waals surface area (Å²) in [6.07, 6.45) is 4.48. The lowest BCUT2D eigenvalue weighted by Crippen LogP contribution is -2.19. The van der Waals surface area contributed by atoms with Gasteiger partial charge in [-0.15, -0.1) is 11.3 Å². The number of hydrogen-bond donors (Lipinski definition) is 2. The van der Waals surface area contributed by atoms with Gasteiger partial charge in [-0.25, -0.2) is 13.4 Å². The normalized spacial score (nSPS) is 11.7. The Balaban J connectivity index is 2.06. The molecule has 0 fully saturated rings. The molecule has 110 valence electrons. The third-order valence-electron chi connectivity index (χ3n) is 2.53. The molecule has 0 aliphatic carbocycles. The fraction of sp³-hybridized carbons (Fsp3) is 0.455. The van der Waals surface area contributed by atoms with Crippen molar-refractivity contribution < 1.29 is 8.42 Å². The van der Waals surface area contributed by atoms with Crippen molar-refractivity contribution >= 4 is 26.5 Å². The molecule has 20 heavy (non-hydrogen) atoms. The Morgan fingerprint density at radius 3 is 2.85 bits per heavy atom. The van der Waals surface area contributed by atoms with E-state index in [4.69, 9.17) is 0 Å². The number of anilines is 1. The van der Waals surface area contributed by atoms with Gasteiger partial charge in [0.2, 0.25) is 0 Å². The van der Waals surface area contributed by atoms with Gasteiger partial charge in [0.05, 0.1) is 12.7 Å². The minimum absolute atomic E-state index is 0.141. The van der Waals surface area contributed by atoms with Gasteiger partial charge in [0, 0.05) is 23.8 Å². The third-order valence-corrected chi connectivity index (χ3v) is 4.78. The second-order valence-electron chi connectivity index (χ2n) is 4.17. The Bertz CT molecular complexity index is 662. The van der Waals surface area contributed by atoms with E-state index < -0.39 is 10.0 Å². The molecule has 0 aliphatic rings. The molecule has 0 aliphatic heterocycles. The molecule has 0 atom stereocenters. The van der Waals surface area contributed by atoms with Gasteiger partial charge in [0.15, 0.2) is 5.13 Å². The van der Waals surface area contributed by atoms with Gasteiger partial charge in [-0.3, -0.25) is 9.40 Å². The number of likely N-dealkylation sites (N-methyl/N-ethyl adjacent to an activating group) is 1. The molecular formula is C11H17N5O2S2. The number of sulfonamides is 1. The van der Waals surface area contributed by atoms with Gasteiger partial charge in [-0.2, -0.15) is 5.10 Å². The van der Waals surface area contributed by atoms with Crippen molar-refractivity contribution in [1.29, 1.82) is 0 Å². The summed E-state index contributed by atoms with van der Waals surface area (Å²) in [7, 11) is -3.62. The highest BCUT2D eigenvalue weighted by molar-refractivity contribution is 7.93. The van der Waals surface area contributed by atoms with Crippen molar-refractivity contribution in [2.45, 2.75) is 25.3 Å². The van der Waals surface area contributed by atoms with Crippen LogP contribution < -0.4 is 10.0 Å². The second-order valence-corrected chi connectivity index (χ2v) is 7.09. The maximum Gasteiger partial charge on any atom is 0.266 e. The maximum absolute atomic E-state index is 12.1. The largest absolute Gasteiger partial charge is 0.315 e. The third kappa shape index (κ3) is 3.78. The number of nitrogens with zero attached hydrogens (tertiary/aromatic N) is 3. The van der Waals surface area contributed by atoms with Gasteiger partial charge in [0.1, 0.15) is 4.90 Å². The maximum atomic E-state index is 12.1. The van der Waals surface area contributed by atoms with Crippen LogP contribution in [0.25, 0.3) is 0 Å². The van der Waals surface area contributed by atoms with Gasteiger partial charge in [-0.05, 0) is 13.5 Å². The van der Waals surface area contributed by atoms with E-state index in [2.05, 4.69) is 20.1 Å². The van der Waals surface area contributed by atoms with Gasteiger partial charge in [-0.1, -0.05) is 6.92 Å². The fourth-order valence-corrected chi connectivity index (χ4v) is 3.41. The van der Waals surface area contributed by atoms with Crippen molar-refractivity contribution in [3.63, 3.8) is 0 Å². The summed E-state index contributed by atoms with van der Waals surface area (Å²) in [5.41, 5.74) is 0. The summed E-state index contributed by atoms with van der Waals surface area (Å²) in [6, 6.07) is 0. The first-order valence-electron chi connectivity index (χ1n) is 6.19. The summed E-state index contributed by atoms with van der Waals surface area (Å²) in [5, 5.41) is 7.56. The molecule has 0 unspecified atom stereocenters. The van der Waals surface area contributed by atoms with Gasteiger partial charge < -0.3 is 5.32 Å². The molecule has 7 nitrogen and oxygen atoms in total. The van der Waals surface area contributed by atoms with Crippen LogP contribution in [0.5, 0.6) is 0 Å². The van der Waals surface area contributed by atoms with Crippen LogP contribution in [0.3, 0.4) is 0 Å². The van der Waals surface area contributed by atoms with Crippen molar-refractivity contribution in [2.24, 2.45) is 0 Å². The lowest BCUT2D eigenvalue weighted by atomic mass is 10.6. The van der Waals surface area contributed by atoms with Crippen LogP contribution in [-0.4, -0.2) is 36.3 Å². The highest BCUT2D eigenvalue weighted by Crippen LogP contribution is 2.20. The lowest BCUT2D eigenvalue weighted by molar-refractivity contribution is 0.564. The molecule has 0 amide bonds. The van der Waals surface area contributed by atoms with E-state index in [-0.39, 0.29) is 4.90 Å². The number of aryl methyl sites for hydroxylation is 1. The number of thiazole rings is 1. The zero-order valence-electron chi connectivity index (χ0n) is 11.3. The molecule has 2 N–H and O–H groups in total. The minimum Gasteiger partial charge on any atom is -0.315 e. The topological polar surface area (TPSA) is 88.9 Å². The quantitative estimate of drug-likeness (QED) is 0.746. The number of aromatic nitrogens is 3. The van der Waals surface area contributed by atoms with E-state index >= 15 is 0 Å². The van der Waals surface area contributed by atoms with E-state index in [1.54, 1.807) is 10.9 Å². The zero-order chi connectivity index (χ0) is 14.6. The van der Waals surface area contributed by atoms with Crippen LogP contribution in [0.15, 0.2) is 23.5 Å². The minimum atomic E-state index is -3.62. The SMILES string of the molecule is CCNCCn1cc(S(=O)(=O)Nc2ncc(C)s2)cn1. The fourth-order valence-electron chi connectivity index (χ4n) is 1.55. The summed E-state index contributed by atoms with van der Waals surface area (Å²) >= 11 is 1.29. The molecule has 0 saturated carbocycles. The Hall–Kier alpha value is -1.45. The summed E-state index contributed by atoms with van der Waals surface area (Å²) in [6.45, 7) is 6.13. The summed E-state index contributed by atoms with van der Waals surface area (Å²) in [4.78, 5) is 5.07. The first-order chi connectivity index (χ1) is 9.51. The standard InChI is InChI=1S/C11H17N5O2S2/c1-3-12-4-5-16-8-10(7-14-16)20(17,18)15-11-13-6-9(2)19-11/h6-8,12H,3-5H2,1-2H3,(H,13,15). The van der Waals surface area contributed by atoms with E-state index in [9.17, 15) is 8.42 Å². The van der Waals surface area contributed by atoms with E-state index in [0.29, 0.717) is 11.7 Å². The van der Waals surface area contributed by atoms with Crippen molar-refractivity contribution in [2.75, 3.05) is 17.8 Å². The predicted octanol–water partition coefficient (Wildman–Crippen LogP) is 1.06. The molecule has 2 aromatic heterocycles. The smallest absolute Gasteiger partial charge is 0.266 e. The Morgan fingerprint density at radius 2 is 2.20 bits per heavy atom. The Kier molecular flexibility index (Phi) is 4.73. The summed E-state index contributed by atoms with van der Waals surface area (Å²) in [5.74, 6) is 0. The van der Waals surface area contributed by atoms with Crippen LogP contribution in [0.4, 0.5) is 5.13 Å². The zero-order valence-corrected chi connectivity index (χ0v) is 13.0. The van der Waals surface area contributed by atoms with Crippen molar-refractivity contribution in [3.05, 3.63) is 23.5 Å². The number of nitrogens with one attached hydrogen (secondary N) is 2. The van der Waals surface area contributed by atoms with Crippen LogP contribution in [0.1, 0.15) is 11.8 Å². The van der Waals surface area contributed by atoms with E-state index in [1.807, 2.05) is 13.8 Å². The molecule has 2 rings (SSSR count). The van der Waals surface area contributed by atoms with Crippen molar-refractivity contribution in [3.8, 4) is 0 Å². The molecule has 0 bridgehead atoms. The molecule has 2 heterocycles. The second kappa shape index (κ2) is 6.33. The molecule has 0 aromatic carbocycles. The molecular weight excluding hydrogens is 298 g/mol. The Morgan fingerprint density at radius 1 is 1.40 bits per heavy atom. The van der Waals surface area contributed by atoms with Gasteiger partial charge in [0.25, 0.3) is 10.0 Å². The number of hydrogen-bond acceptors (Lipinski definition) is 6. The molecule has 0 saturated heterocycles. The molecule has 9 heteroatoms. The first-order valence-corrected chi connectivity index (χ1v) is 8.49. The van der Waals surface area contributed by atoms with Crippen LogP contribution in [0.2, 0.25) is 0 Å². The van der Waals surface area contributed by atoms with Gasteiger partial charge >= 0.3 is 0 Å². The monoisotopic (exact) mass is 315 g/mol. The summed E-state index contributed by atoms with van der Waals surface area (Å²) < 4.78 is 28.3. The highest BCUT2D eigenvalue weighted by Gasteiger charge is 2.18. The average Bonchev–Trinajstić information content (AvgIpc) is 2.99. The van der Waals surface area contributed by atoms with E-state index in [0.717, 1.165) is 18.0 Å². The molecule has 0 radical (unpaired) electrons. The van der Waals surface area contributed by atoms with E-state index in [1.165, 1.54) is 23.7 Å². The number of rotatable bonds is 7. The molecule has 0 spiro atoms. The van der Waals surface area contributed by atoms with Crippen LogP contribution in [0, 0.1) is 6.92 Å². The Labute approximate surface area is 122 Å². The first kappa shape index (κ1) is 14.9. The van der Waals surface area contributed by atoms with Crippen molar-refractivity contribution in [1.82, 2.24) is 20.1 Å². The highest BCUT2D eigenvalue weighted by atomic mass is 32.2. The lowest BCUT2D eigenvalue weighted by Gasteiger charge is -2.02. The van der Waals surface area contributed by atoms with Crippen LogP contribution >= 0.6 is 11.3 Å². The molecule has 2 aromatic rings. The van der Waals surface area contributed by atoms with Crippen LogP contribution in [-0.2, 0) is 16.6 Å².